The van der Waals surface area contributed by atoms with E-state index in [0.29, 0.717) is 18.1 Å². The van der Waals surface area contributed by atoms with Crippen molar-refractivity contribution in [1.29, 1.82) is 0 Å². The molecule has 0 spiro atoms. The number of ether oxygens (including phenoxy) is 2. The van der Waals surface area contributed by atoms with Crippen LogP contribution in [0.2, 0.25) is 0 Å². The number of nitrogens with zero attached hydrogens (tertiary/aromatic N) is 1. The van der Waals surface area contributed by atoms with Crippen molar-refractivity contribution in [2.24, 2.45) is 0 Å². The first-order valence-electron chi connectivity index (χ1n) is 7.27. The molecule has 0 aliphatic carbocycles. The van der Waals surface area contributed by atoms with Crippen molar-refractivity contribution in [3.05, 3.63) is 70.7 Å². The third kappa shape index (κ3) is 4.57. The van der Waals surface area contributed by atoms with E-state index in [9.17, 15) is 10.0 Å². The monoisotopic (exact) mass is 313 g/mol. The Morgan fingerprint density at radius 1 is 1.22 bits per heavy atom. The Labute approximate surface area is 135 Å². The highest BCUT2D eigenvalue weighted by molar-refractivity contribution is 5.86. The van der Waals surface area contributed by atoms with Gasteiger partial charge in [-0.25, -0.2) is 4.79 Å². The van der Waals surface area contributed by atoms with Gasteiger partial charge >= 0.3 is 5.97 Å². The second kappa shape index (κ2) is 7.98. The van der Waals surface area contributed by atoms with Crippen molar-refractivity contribution in [1.82, 2.24) is 0 Å². The molecule has 2 rings (SSSR count). The number of methoxy groups -OCH3 is 1. The van der Waals surface area contributed by atoms with E-state index in [1.165, 1.54) is 19.3 Å². The standard InChI is InChI=1S/C18H19NO4/c1-14-8-10-17(16(19(14)21)9-11-18(20)22-2)23-13-12-15-6-4-3-5-7-15/h3-11H,12-13H2,1-2H3/b11-9+. The SMILES string of the molecule is COC(=O)/C=C/c1c(OCCc2ccccc2)ccc(C)[n+]1[O-]. The number of pyridine rings is 1. The van der Waals surface area contributed by atoms with Gasteiger partial charge in [-0.1, -0.05) is 30.3 Å². The fraction of sp³-hybridized carbons (Fsp3) is 0.222. The van der Waals surface area contributed by atoms with Crippen molar-refractivity contribution in [3.8, 4) is 5.75 Å². The van der Waals surface area contributed by atoms with Gasteiger partial charge in [0.05, 0.1) is 13.7 Å². The van der Waals surface area contributed by atoms with E-state index in [4.69, 9.17) is 4.74 Å². The number of benzene rings is 1. The van der Waals surface area contributed by atoms with Crippen LogP contribution >= 0.6 is 0 Å². The third-order valence-corrected chi connectivity index (χ3v) is 3.34. The van der Waals surface area contributed by atoms with Crippen LogP contribution in [0.1, 0.15) is 17.0 Å². The van der Waals surface area contributed by atoms with E-state index < -0.39 is 5.97 Å². The van der Waals surface area contributed by atoms with Crippen LogP contribution < -0.4 is 9.47 Å². The van der Waals surface area contributed by atoms with Crippen LogP contribution in [0.15, 0.2) is 48.5 Å². The lowest BCUT2D eigenvalue weighted by atomic mass is 10.2. The molecular formula is C18H19NO4. The molecule has 0 saturated carbocycles. The molecule has 0 saturated heterocycles. The van der Waals surface area contributed by atoms with Gasteiger partial charge in [0.2, 0.25) is 0 Å². The molecule has 2 aromatic rings. The van der Waals surface area contributed by atoms with Crippen LogP contribution in [0.5, 0.6) is 5.75 Å². The molecule has 120 valence electrons. The number of esters is 1. The van der Waals surface area contributed by atoms with Crippen LogP contribution in [0.3, 0.4) is 0 Å². The maximum absolute atomic E-state index is 12.2. The second-order valence-corrected chi connectivity index (χ2v) is 4.96. The van der Waals surface area contributed by atoms with Crippen molar-refractivity contribution in [2.75, 3.05) is 13.7 Å². The average Bonchev–Trinajstić information content (AvgIpc) is 2.58. The highest BCUT2D eigenvalue weighted by Gasteiger charge is 2.14. The first-order valence-corrected chi connectivity index (χ1v) is 7.27. The van der Waals surface area contributed by atoms with Gasteiger partial charge in [-0.3, -0.25) is 0 Å². The predicted molar refractivity (Wildman–Crippen MR) is 86.8 cm³/mol. The van der Waals surface area contributed by atoms with Gasteiger partial charge in [-0.05, 0) is 11.6 Å². The number of carbonyl (C=O) groups is 1. The van der Waals surface area contributed by atoms with Crippen LogP contribution in [0, 0.1) is 12.1 Å². The quantitative estimate of drug-likeness (QED) is 0.356. The molecule has 1 heterocycles. The van der Waals surface area contributed by atoms with Crippen LogP contribution in [-0.4, -0.2) is 19.7 Å². The van der Waals surface area contributed by atoms with Crippen LogP contribution in [0.25, 0.3) is 6.08 Å². The summed E-state index contributed by atoms with van der Waals surface area (Å²) >= 11 is 0. The Morgan fingerprint density at radius 2 is 1.96 bits per heavy atom. The lowest BCUT2D eigenvalue weighted by Crippen LogP contribution is -2.34. The maximum Gasteiger partial charge on any atom is 0.330 e. The van der Waals surface area contributed by atoms with E-state index in [0.717, 1.165) is 16.7 Å². The molecule has 0 amide bonds. The van der Waals surface area contributed by atoms with E-state index in [1.54, 1.807) is 19.1 Å². The molecule has 0 aliphatic rings. The molecule has 1 aromatic carbocycles. The van der Waals surface area contributed by atoms with E-state index >= 15 is 0 Å². The first kappa shape index (κ1) is 16.5. The molecule has 0 radical (unpaired) electrons. The van der Waals surface area contributed by atoms with Crippen molar-refractivity contribution in [2.45, 2.75) is 13.3 Å². The Hall–Kier alpha value is -2.82. The molecule has 0 N–H and O–H groups in total. The summed E-state index contributed by atoms with van der Waals surface area (Å²) in [5.74, 6) is -0.0941. The number of carbonyl (C=O) groups excluding carboxylic acids is 1. The minimum atomic E-state index is -0.526. The van der Waals surface area contributed by atoms with E-state index in [2.05, 4.69) is 4.74 Å². The predicted octanol–water partition coefficient (Wildman–Crippen LogP) is 2.44. The summed E-state index contributed by atoms with van der Waals surface area (Å²) in [6, 6.07) is 13.3. The number of aromatic nitrogens is 1. The van der Waals surface area contributed by atoms with Gasteiger partial charge in [0, 0.05) is 31.6 Å². The van der Waals surface area contributed by atoms with Gasteiger partial charge in [-0.2, -0.15) is 4.73 Å². The third-order valence-electron chi connectivity index (χ3n) is 3.34. The molecular weight excluding hydrogens is 294 g/mol. The molecule has 0 unspecified atom stereocenters. The molecule has 0 bridgehead atoms. The largest absolute Gasteiger partial charge is 0.618 e. The molecule has 23 heavy (non-hydrogen) atoms. The first-order chi connectivity index (χ1) is 11.1. The van der Waals surface area contributed by atoms with Crippen molar-refractivity contribution < 1.29 is 19.0 Å². The zero-order valence-electron chi connectivity index (χ0n) is 13.2. The van der Waals surface area contributed by atoms with Gasteiger partial charge in [0.1, 0.15) is 0 Å². The lowest BCUT2D eigenvalue weighted by molar-refractivity contribution is -0.614. The molecule has 0 atom stereocenters. The topological polar surface area (TPSA) is 62.5 Å². The van der Waals surface area contributed by atoms with E-state index in [-0.39, 0.29) is 5.69 Å². The molecule has 0 fully saturated rings. The van der Waals surface area contributed by atoms with Gasteiger partial charge in [-0.15, -0.1) is 0 Å². The van der Waals surface area contributed by atoms with Crippen LogP contribution in [0.4, 0.5) is 0 Å². The summed E-state index contributed by atoms with van der Waals surface area (Å²) < 4.78 is 11.0. The van der Waals surface area contributed by atoms with Gasteiger partial charge in [0.25, 0.3) is 5.69 Å². The molecule has 5 heteroatoms. The minimum absolute atomic E-state index is 0.281. The number of hydrogen-bond donors (Lipinski definition) is 0. The summed E-state index contributed by atoms with van der Waals surface area (Å²) in [6.45, 7) is 2.13. The average molecular weight is 313 g/mol. The fourth-order valence-electron chi connectivity index (χ4n) is 2.05. The summed E-state index contributed by atoms with van der Waals surface area (Å²) in [4.78, 5) is 11.2. The Morgan fingerprint density at radius 3 is 2.65 bits per heavy atom. The highest BCUT2D eigenvalue weighted by atomic mass is 16.5. The molecule has 1 aromatic heterocycles. The summed E-state index contributed by atoms with van der Waals surface area (Å²) in [5, 5.41) is 12.2. The maximum atomic E-state index is 12.2. The summed E-state index contributed by atoms with van der Waals surface area (Å²) in [6.07, 6.45) is 3.34. The lowest BCUT2D eigenvalue weighted by Gasteiger charge is -2.11. The molecule has 5 nitrogen and oxygen atoms in total. The van der Waals surface area contributed by atoms with Crippen molar-refractivity contribution >= 4 is 12.0 Å². The molecule has 0 aliphatic heterocycles. The fourth-order valence-corrected chi connectivity index (χ4v) is 2.05. The number of rotatable bonds is 6. The second-order valence-electron chi connectivity index (χ2n) is 4.96. The van der Waals surface area contributed by atoms with Gasteiger partial charge in [0.15, 0.2) is 11.4 Å². The van der Waals surface area contributed by atoms with E-state index in [1.807, 2.05) is 30.3 Å². The Kier molecular flexibility index (Phi) is 5.74. The highest BCUT2D eigenvalue weighted by Crippen LogP contribution is 2.17. The number of aryl methyl sites for hydroxylation is 1. The normalized spacial score (nSPS) is 10.7. The van der Waals surface area contributed by atoms with Gasteiger partial charge < -0.3 is 14.7 Å². The van der Waals surface area contributed by atoms with Crippen LogP contribution in [-0.2, 0) is 16.0 Å². The summed E-state index contributed by atoms with van der Waals surface area (Å²) in [7, 11) is 1.28. The van der Waals surface area contributed by atoms with Crippen molar-refractivity contribution in [3.63, 3.8) is 0 Å². The summed E-state index contributed by atoms with van der Waals surface area (Å²) in [5.41, 5.74) is 1.95. The smallest absolute Gasteiger partial charge is 0.330 e. The zero-order valence-corrected chi connectivity index (χ0v) is 13.2. The Balaban J connectivity index is 2.12. The Bertz CT molecular complexity index is 696. The zero-order chi connectivity index (χ0) is 16.7. The number of hydrogen-bond acceptors (Lipinski definition) is 4. The minimum Gasteiger partial charge on any atom is -0.618 e.